The summed E-state index contributed by atoms with van der Waals surface area (Å²) < 4.78 is 48.0. The van der Waals surface area contributed by atoms with Gasteiger partial charge < -0.3 is 14.4 Å². The van der Waals surface area contributed by atoms with Gasteiger partial charge in [0.25, 0.3) is 0 Å². The third kappa shape index (κ3) is 6.97. The fourth-order valence-corrected chi connectivity index (χ4v) is 4.01. The molecule has 30 heavy (non-hydrogen) atoms. The monoisotopic (exact) mass is 436 g/mol. The van der Waals surface area contributed by atoms with Crippen LogP contribution in [-0.4, -0.2) is 77.0 Å². The Morgan fingerprint density at radius 3 is 2.30 bits per heavy atom. The summed E-state index contributed by atoms with van der Waals surface area (Å²) in [5.74, 6) is 0.559. The van der Waals surface area contributed by atoms with Crippen molar-refractivity contribution in [3.8, 4) is 11.5 Å². The zero-order valence-electron chi connectivity index (χ0n) is 17.3. The molecule has 0 aromatic heterocycles. The number of sulfone groups is 1. The second kappa shape index (κ2) is 10.7. The average molecular weight is 437 g/mol. The topological polar surface area (TPSA) is 59.1 Å². The van der Waals surface area contributed by atoms with Crippen LogP contribution in [0.2, 0.25) is 0 Å². The lowest BCUT2D eigenvalue weighted by Crippen LogP contribution is -2.47. The minimum absolute atomic E-state index is 0.273. The minimum Gasteiger partial charge on any atom is -0.494 e. The van der Waals surface area contributed by atoms with Crippen molar-refractivity contribution >= 4 is 9.84 Å². The predicted octanol–water partition coefficient (Wildman–Crippen LogP) is 2.69. The van der Waals surface area contributed by atoms with Crippen LogP contribution in [0, 0.1) is 5.82 Å². The normalized spacial score (nSPS) is 15.8. The molecule has 1 aliphatic rings. The largest absolute Gasteiger partial charge is 0.494 e. The van der Waals surface area contributed by atoms with E-state index in [9.17, 15) is 12.8 Å². The second-order valence-electron chi connectivity index (χ2n) is 7.41. The first-order valence-electron chi connectivity index (χ1n) is 10.2. The number of piperazine rings is 1. The van der Waals surface area contributed by atoms with E-state index in [1.165, 1.54) is 12.3 Å². The van der Waals surface area contributed by atoms with Crippen molar-refractivity contribution in [2.75, 3.05) is 58.7 Å². The summed E-state index contributed by atoms with van der Waals surface area (Å²) in [4.78, 5) is 4.99. The summed E-state index contributed by atoms with van der Waals surface area (Å²) in [5.41, 5.74) is 0. The highest BCUT2D eigenvalue weighted by molar-refractivity contribution is 7.90. The highest BCUT2D eigenvalue weighted by atomic mass is 32.2. The van der Waals surface area contributed by atoms with Gasteiger partial charge >= 0.3 is 0 Å². The van der Waals surface area contributed by atoms with Crippen molar-refractivity contribution in [3.05, 3.63) is 54.3 Å². The van der Waals surface area contributed by atoms with Crippen LogP contribution < -0.4 is 9.47 Å². The van der Waals surface area contributed by atoms with Gasteiger partial charge in [-0.15, -0.1) is 0 Å². The molecule has 164 valence electrons. The van der Waals surface area contributed by atoms with E-state index in [0.29, 0.717) is 24.7 Å². The van der Waals surface area contributed by atoms with Crippen LogP contribution in [0.4, 0.5) is 4.39 Å². The fourth-order valence-electron chi connectivity index (χ4n) is 3.36. The highest BCUT2D eigenvalue weighted by Crippen LogP contribution is 2.18. The molecule has 8 heteroatoms. The first kappa shape index (κ1) is 22.5. The van der Waals surface area contributed by atoms with Crippen LogP contribution in [0.25, 0.3) is 0 Å². The number of nitrogens with zero attached hydrogens (tertiary/aromatic N) is 2. The van der Waals surface area contributed by atoms with E-state index in [0.717, 1.165) is 45.7 Å². The van der Waals surface area contributed by atoms with Gasteiger partial charge in [-0.05, 0) is 36.8 Å². The molecule has 1 fully saturated rings. The number of hydrogen-bond donors (Lipinski definition) is 0. The van der Waals surface area contributed by atoms with Gasteiger partial charge in [-0.25, -0.2) is 12.8 Å². The number of para-hydroxylation sites is 1. The summed E-state index contributed by atoms with van der Waals surface area (Å²) in [6, 6.07) is 13.1. The Hall–Kier alpha value is -2.16. The summed E-state index contributed by atoms with van der Waals surface area (Å²) in [6.07, 6.45) is 2.07. The maximum Gasteiger partial charge on any atom is 0.175 e. The lowest BCUT2D eigenvalue weighted by atomic mass is 10.3. The molecule has 0 atom stereocenters. The molecular formula is C22H29FN2O4S. The Morgan fingerprint density at radius 2 is 1.60 bits per heavy atom. The maximum atomic E-state index is 13.6. The SMILES string of the molecule is CS(=O)(=O)c1cccc(OCCCN2CCN(CCOc3ccccc3F)CC2)c1. The van der Waals surface area contributed by atoms with Gasteiger partial charge in [0, 0.05) is 45.5 Å². The summed E-state index contributed by atoms with van der Waals surface area (Å²) in [5, 5.41) is 0. The number of halogens is 1. The Balaban J connectivity index is 1.29. The minimum atomic E-state index is -3.22. The van der Waals surface area contributed by atoms with Gasteiger partial charge in [0.1, 0.15) is 12.4 Å². The zero-order chi connectivity index (χ0) is 21.4. The number of benzene rings is 2. The fraction of sp³-hybridized carbons (Fsp3) is 0.455. The Morgan fingerprint density at radius 1 is 0.900 bits per heavy atom. The van der Waals surface area contributed by atoms with Crippen LogP contribution in [0.1, 0.15) is 6.42 Å². The lowest BCUT2D eigenvalue weighted by molar-refractivity contribution is 0.111. The molecule has 0 bridgehead atoms. The third-order valence-electron chi connectivity index (χ3n) is 5.09. The van der Waals surface area contributed by atoms with E-state index in [4.69, 9.17) is 9.47 Å². The van der Waals surface area contributed by atoms with Gasteiger partial charge in [-0.1, -0.05) is 18.2 Å². The van der Waals surface area contributed by atoms with Crippen LogP contribution in [0.15, 0.2) is 53.4 Å². The van der Waals surface area contributed by atoms with E-state index in [1.54, 1.807) is 42.5 Å². The maximum absolute atomic E-state index is 13.6. The van der Waals surface area contributed by atoms with E-state index in [2.05, 4.69) is 9.80 Å². The Labute approximate surface area is 178 Å². The first-order valence-corrected chi connectivity index (χ1v) is 12.1. The molecule has 6 nitrogen and oxygen atoms in total. The van der Waals surface area contributed by atoms with E-state index in [1.807, 2.05) is 0 Å². The van der Waals surface area contributed by atoms with Crippen molar-refractivity contribution in [2.45, 2.75) is 11.3 Å². The molecule has 0 radical (unpaired) electrons. The first-order chi connectivity index (χ1) is 14.4. The molecule has 0 amide bonds. The second-order valence-corrected chi connectivity index (χ2v) is 9.43. The number of hydrogen-bond acceptors (Lipinski definition) is 6. The van der Waals surface area contributed by atoms with Crippen LogP contribution in [-0.2, 0) is 9.84 Å². The lowest BCUT2D eigenvalue weighted by Gasteiger charge is -2.34. The van der Waals surface area contributed by atoms with Crippen molar-refractivity contribution in [2.24, 2.45) is 0 Å². The molecule has 3 rings (SSSR count). The van der Waals surface area contributed by atoms with Crippen molar-refractivity contribution in [3.63, 3.8) is 0 Å². The van der Waals surface area contributed by atoms with Gasteiger partial charge in [-0.2, -0.15) is 0 Å². The molecule has 0 N–H and O–H groups in total. The van der Waals surface area contributed by atoms with E-state index < -0.39 is 9.84 Å². The summed E-state index contributed by atoms with van der Waals surface area (Å²) >= 11 is 0. The predicted molar refractivity (Wildman–Crippen MR) is 114 cm³/mol. The van der Waals surface area contributed by atoms with Crippen LogP contribution in [0.3, 0.4) is 0 Å². The highest BCUT2D eigenvalue weighted by Gasteiger charge is 2.16. The smallest absolute Gasteiger partial charge is 0.175 e. The molecule has 0 unspecified atom stereocenters. The molecule has 2 aromatic carbocycles. The Bertz CT molecular complexity index is 915. The van der Waals surface area contributed by atoms with Gasteiger partial charge in [0.15, 0.2) is 21.4 Å². The molecule has 2 aromatic rings. The number of rotatable bonds is 10. The molecule has 1 saturated heterocycles. The van der Waals surface area contributed by atoms with Gasteiger partial charge in [0.05, 0.1) is 11.5 Å². The third-order valence-corrected chi connectivity index (χ3v) is 6.20. The van der Waals surface area contributed by atoms with E-state index in [-0.39, 0.29) is 10.7 Å². The standard InChI is InChI=1S/C22H29FN2O4S/c1-30(26,27)20-7-4-6-19(18-20)28-16-5-10-24-11-13-25(14-12-24)15-17-29-22-9-3-2-8-21(22)23/h2-4,6-9,18H,5,10-17H2,1H3. The summed E-state index contributed by atoms with van der Waals surface area (Å²) in [7, 11) is -3.22. The average Bonchev–Trinajstić information content (AvgIpc) is 2.73. The quantitative estimate of drug-likeness (QED) is 0.534. The van der Waals surface area contributed by atoms with Gasteiger partial charge in [0.2, 0.25) is 0 Å². The summed E-state index contributed by atoms with van der Waals surface area (Å²) in [6.45, 7) is 6.60. The van der Waals surface area contributed by atoms with Crippen molar-refractivity contribution in [1.82, 2.24) is 9.80 Å². The molecule has 0 saturated carbocycles. The zero-order valence-corrected chi connectivity index (χ0v) is 18.1. The molecular weight excluding hydrogens is 407 g/mol. The van der Waals surface area contributed by atoms with Gasteiger partial charge in [-0.3, -0.25) is 4.90 Å². The molecule has 1 aliphatic heterocycles. The van der Waals surface area contributed by atoms with Crippen LogP contribution in [0.5, 0.6) is 11.5 Å². The Kier molecular flexibility index (Phi) is 8.07. The van der Waals surface area contributed by atoms with E-state index >= 15 is 0 Å². The van der Waals surface area contributed by atoms with Crippen LogP contribution >= 0.6 is 0 Å². The number of ether oxygens (including phenoxy) is 2. The molecule has 1 heterocycles. The molecule has 0 spiro atoms. The van der Waals surface area contributed by atoms with Crippen molar-refractivity contribution in [1.29, 1.82) is 0 Å². The van der Waals surface area contributed by atoms with Crippen molar-refractivity contribution < 1.29 is 22.3 Å². The molecule has 0 aliphatic carbocycles.